The van der Waals surface area contributed by atoms with Crippen molar-refractivity contribution in [2.75, 3.05) is 26.0 Å². The van der Waals surface area contributed by atoms with Crippen molar-refractivity contribution in [3.05, 3.63) is 27.6 Å². The van der Waals surface area contributed by atoms with E-state index < -0.39 is 10.2 Å². The van der Waals surface area contributed by atoms with Crippen LogP contribution in [0.2, 0.25) is 0 Å². The Kier molecular flexibility index (Phi) is 5.15. The van der Waals surface area contributed by atoms with E-state index in [0.29, 0.717) is 29.6 Å². The van der Waals surface area contributed by atoms with Gasteiger partial charge in [0.15, 0.2) is 5.13 Å². The largest absolute Gasteiger partial charge is 0.361 e. The van der Waals surface area contributed by atoms with Gasteiger partial charge in [-0.05, 0) is 13.8 Å². The minimum absolute atomic E-state index is 0.159. The molecule has 0 aromatic carbocycles. The van der Waals surface area contributed by atoms with Gasteiger partial charge in [-0.2, -0.15) is 17.0 Å². The van der Waals surface area contributed by atoms with E-state index in [9.17, 15) is 13.2 Å². The maximum atomic E-state index is 12.3. The Morgan fingerprint density at radius 3 is 2.73 bits per heavy atom. The molecule has 11 heteroatoms. The van der Waals surface area contributed by atoms with Crippen LogP contribution in [0.4, 0.5) is 5.13 Å². The fourth-order valence-corrected chi connectivity index (χ4v) is 4.93. The summed E-state index contributed by atoms with van der Waals surface area (Å²) < 4.78 is 32.2. The molecule has 26 heavy (non-hydrogen) atoms. The van der Waals surface area contributed by atoms with Crippen molar-refractivity contribution < 1.29 is 17.7 Å². The van der Waals surface area contributed by atoms with Crippen LogP contribution in [0.15, 0.2) is 4.52 Å². The summed E-state index contributed by atoms with van der Waals surface area (Å²) in [6, 6.07) is 0. The average molecular weight is 399 g/mol. The second-order valence-corrected chi connectivity index (χ2v) is 9.52. The lowest BCUT2D eigenvalue weighted by Crippen LogP contribution is -2.42. The molecule has 0 unspecified atom stereocenters. The van der Waals surface area contributed by atoms with Crippen molar-refractivity contribution in [1.29, 1.82) is 0 Å². The Labute approximate surface area is 156 Å². The van der Waals surface area contributed by atoms with E-state index in [1.807, 2.05) is 0 Å². The van der Waals surface area contributed by atoms with E-state index in [2.05, 4.69) is 15.5 Å². The lowest BCUT2D eigenvalue weighted by molar-refractivity contribution is -0.115. The molecule has 0 radical (unpaired) electrons. The SMILES string of the molecule is Cc1noc(C)c1CC(=O)Nc1nc2c(s1)CN(S(=O)(=O)N(C)C)CC2. The maximum Gasteiger partial charge on any atom is 0.281 e. The van der Waals surface area contributed by atoms with Gasteiger partial charge in [0, 0.05) is 37.5 Å². The van der Waals surface area contributed by atoms with Crippen LogP contribution in [0.25, 0.3) is 0 Å². The number of carbonyl (C=O) groups is 1. The molecule has 0 spiro atoms. The number of aromatic nitrogens is 2. The summed E-state index contributed by atoms with van der Waals surface area (Å²) in [5.41, 5.74) is 2.31. The minimum atomic E-state index is -3.46. The number of hydrogen-bond donors (Lipinski definition) is 1. The van der Waals surface area contributed by atoms with Crippen LogP contribution in [-0.2, 0) is 34.4 Å². The Hall–Kier alpha value is -1.82. The zero-order chi connectivity index (χ0) is 19.1. The van der Waals surface area contributed by atoms with Gasteiger partial charge >= 0.3 is 0 Å². The van der Waals surface area contributed by atoms with E-state index in [1.54, 1.807) is 13.8 Å². The number of aryl methyl sites for hydroxylation is 2. The van der Waals surface area contributed by atoms with E-state index in [1.165, 1.54) is 34.0 Å². The monoisotopic (exact) mass is 399 g/mol. The molecule has 0 bridgehead atoms. The van der Waals surface area contributed by atoms with Crippen molar-refractivity contribution in [3.8, 4) is 0 Å². The quantitative estimate of drug-likeness (QED) is 0.806. The molecule has 1 aliphatic heterocycles. The molecule has 0 saturated heterocycles. The number of thiazole rings is 1. The number of rotatable bonds is 5. The van der Waals surface area contributed by atoms with E-state index in [4.69, 9.17) is 4.52 Å². The number of carbonyl (C=O) groups excluding carboxylic acids is 1. The molecule has 1 amide bonds. The molecule has 1 aliphatic rings. The normalized spacial score (nSPS) is 15.3. The van der Waals surface area contributed by atoms with Crippen molar-refractivity contribution in [3.63, 3.8) is 0 Å². The third-order valence-electron chi connectivity index (χ3n) is 4.25. The molecule has 9 nitrogen and oxygen atoms in total. The first-order valence-corrected chi connectivity index (χ1v) is 10.3. The highest BCUT2D eigenvalue weighted by atomic mass is 32.2. The van der Waals surface area contributed by atoms with Gasteiger partial charge in [-0.15, -0.1) is 11.3 Å². The minimum Gasteiger partial charge on any atom is -0.361 e. The smallest absolute Gasteiger partial charge is 0.281 e. The fourth-order valence-electron chi connectivity index (χ4n) is 2.73. The lowest BCUT2D eigenvalue weighted by Gasteiger charge is -2.27. The summed E-state index contributed by atoms with van der Waals surface area (Å²) in [5.74, 6) is 0.420. The van der Waals surface area contributed by atoms with Crippen LogP contribution in [0.5, 0.6) is 0 Å². The number of fused-ring (bicyclic) bond motifs is 1. The Morgan fingerprint density at radius 1 is 1.38 bits per heavy atom. The van der Waals surface area contributed by atoms with Crippen molar-refractivity contribution in [2.24, 2.45) is 0 Å². The molecular weight excluding hydrogens is 378 g/mol. The average Bonchev–Trinajstić information content (AvgIpc) is 3.11. The molecular formula is C15H21N5O4S2. The van der Waals surface area contributed by atoms with Crippen molar-refractivity contribution >= 4 is 32.6 Å². The standard InChI is InChI=1S/C15H21N5O4S2/c1-9-11(10(2)24-18-9)7-14(21)17-15-16-12-5-6-20(8-13(12)25-15)26(22,23)19(3)4/h5-8H2,1-4H3,(H,16,17,21). The molecule has 0 saturated carbocycles. The van der Waals surface area contributed by atoms with Gasteiger partial charge in [-0.3, -0.25) is 4.79 Å². The molecule has 0 fully saturated rings. The third-order valence-corrected chi connectivity index (χ3v) is 7.13. The highest BCUT2D eigenvalue weighted by Crippen LogP contribution is 2.30. The molecule has 0 atom stereocenters. The molecule has 3 rings (SSSR count). The first-order valence-electron chi connectivity index (χ1n) is 8.06. The van der Waals surface area contributed by atoms with Crippen LogP contribution >= 0.6 is 11.3 Å². The second-order valence-electron chi connectivity index (χ2n) is 6.29. The summed E-state index contributed by atoms with van der Waals surface area (Å²) >= 11 is 1.31. The van der Waals surface area contributed by atoms with Gasteiger partial charge in [-0.1, -0.05) is 5.16 Å². The van der Waals surface area contributed by atoms with Gasteiger partial charge in [0.25, 0.3) is 10.2 Å². The number of nitrogens with one attached hydrogen (secondary N) is 1. The first-order chi connectivity index (χ1) is 12.2. The van der Waals surface area contributed by atoms with Crippen LogP contribution < -0.4 is 5.32 Å². The highest BCUT2D eigenvalue weighted by Gasteiger charge is 2.30. The van der Waals surface area contributed by atoms with Crippen LogP contribution in [0.3, 0.4) is 0 Å². The predicted molar refractivity (Wildman–Crippen MR) is 97.1 cm³/mol. The van der Waals surface area contributed by atoms with Gasteiger partial charge in [0.05, 0.1) is 24.4 Å². The lowest BCUT2D eigenvalue weighted by atomic mass is 10.1. The molecule has 2 aromatic heterocycles. The van der Waals surface area contributed by atoms with Gasteiger partial charge in [-0.25, -0.2) is 4.98 Å². The van der Waals surface area contributed by atoms with E-state index in [-0.39, 0.29) is 18.9 Å². The van der Waals surface area contributed by atoms with Crippen molar-refractivity contribution in [1.82, 2.24) is 18.8 Å². The van der Waals surface area contributed by atoms with Crippen molar-refractivity contribution in [2.45, 2.75) is 33.2 Å². The van der Waals surface area contributed by atoms with E-state index >= 15 is 0 Å². The van der Waals surface area contributed by atoms with Gasteiger partial charge in [0.2, 0.25) is 5.91 Å². The summed E-state index contributed by atoms with van der Waals surface area (Å²) in [7, 11) is -0.436. The summed E-state index contributed by atoms with van der Waals surface area (Å²) in [5, 5.41) is 7.11. The highest BCUT2D eigenvalue weighted by molar-refractivity contribution is 7.86. The number of nitrogens with zero attached hydrogens (tertiary/aromatic N) is 4. The number of hydrogen-bond acceptors (Lipinski definition) is 7. The third kappa shape index (κ3) is 3.65. The topological polar surface area (TPSA) is 109 Å². The van der Waals surface area contributed by atoms with Crippen LogP contribution in [-0.4, -0.2) is 53.7 Å². The van der Waals surface area contributed by atoms with Gasteiger partial charge < -0.3 is 9.84 Å². The maximum absolute atomic E-state index is 12.3. The van der Waals surface area contributed by atoms with Gasteiger partial charge in [0.1, 0.15) is 5.76 Å². The zero-order valence-electron chi connectivity index (χ0n) is 15.1. The predicted octanol–water partition coefficient (Wildman–Crippen LogP) is 1.09. The Bertz CT molecular complexity index is 912. The molecule has 2 aromatic rings. The number of anilines is 1. The Morgan fingerprint density at radius 2 is 2.12 bits per heavy atom. The van der Waals surface area contributed by atoms with Crippen LogP contribution in [0.1, 0.15) is 27.6 Å². The molecule has 1 N–H and O–H groups in total. The summed E-state index contributed by atoms with van der Waals surface area (Å²) in [6.45, 7) is 4.21. The second kappa shape index (κ2) is 7.06. The summed E-state index contributed by atoms with van der Waals surface area (Å²) in [6.07, 6.45) is 0.686. The Balaban J connectivity index is 1.69. The molecule has 142 valence electrons. The fraction of sp³-hybridized carbons (Fsp3) is 0.533. The molecule has 3 heterocycles. The number of amides is 1. The first kappa shape index (κ1) is 19.0. The van der Waals surface area contributed by atoms with Crippen LogP contribution in [0, 0.1) is 13.8 Å². The summed E-state index contributed by atoms with van der Waals surface area (Å²) in [4.78, 5) is 17.6. The van der Waals surface area contributed by atoms with E-state index in [0.717, 1.165) is 16.1 Å². The molecule has 0 aliphatic carbocycles. The zero-order valence-corrected chi connectivity index (χ0v) is 16.7.